The van der Waals surface area contributed by atoms with Crippen LogP contribution in [0.5, 0.6) is 0 Å². The van der Waals surface area contributed by atoms with Crippen LogP contribution in [0.2, 0.25) is 0 Å². The van der Waals surface area contributed by atoms with Gasteiger partial charge in [-0.25, -0.2) is 0 Å². The van der Waals surface area contributed by atoms with Crippen LogP contribution in [-0.2, 0) is 65.3 Å². The van der Waals surface area contributed by atoms with E-state index in [1.807, 2.05) is 60.7 Å². The van der Waals surface area contributed by atoms with Gasteiger partial charge in [-0.1, -0.05) is 60.7 Å². The third-order valence-corrected chi connectivity index (χ3v) is 8.65. The third kappa shape index (κ3) is 8.61. The molecule has 13 nitrogen and oxygen atoms in total. The van der Waals surface area contributed by atoms with E-state index in [1.165, 1.54) is 21.3 Å². The van der Waals surface area contributed by atoms with E-state index < -0.39 is 72.7 Å². The number of ether oxygens (including phenoxy) is 11. The average Bonchev–Trinajstić information content (AvgIpc) is 3.60. The highest BCUT2D eigenvalue weighted by atomic mass is 16.8. The second-order valence-corrected chi connectivity index (χ2v) is 13.0. The summed E-state index contributed by atoms with van der Waals surface area (Å²) in [4.78, 5) is 0. The van der Waals surface area contributed by atoms with Gasteiger partial charge in [0.25, 0.3) is 0 Å². The highest BCUT2D eigenvalue weighted by Crippen LogP contribution is 2.41. The van der Waals surface area contributed by atoms with Gasteiger partial charge >= 0.3 is 0 Å². The normalized spacial score (nSPS) is 33.7. The first-order valence-electron chi connectivity index (χ1n) is 16.2. The van der Waals surface area contributed by atoms with E-state index in [0.29, 0.717) is 0 Å². The van der Waals surface area contributed by atoms with E-state index in [-0.39, 0.29) is 26.4 Å². The van der Waals surface area contributed by atoms with Crippen LogP contribution in [0.25, 0.3) is 0 Å². The highest BCUT2D eigenvalue weighted by Gasteiger charge is 2.59. The number of aliphatic hydroxyl groups excluding tert-OH is 2. The number of rotatable bonds is 15. The zero-order chi connectivity index (χ0) is 34.5. The summed E-state index contributed by atoms with van der Waals surface area (Å²) < 4.78 is 67.4. The highest BCUT2D eigenvalue weighted by molar-refractivity contribution is 5.14. The smallest absolute Gasteiger partial charge is 0.223 e. The van der Waals surface area contributed by atoms with Crippen molar-refractivity contribution in [3.63, 3.8) is 0 Å². The van der Waals surface area contributed by atoms with Gasteiger partial charge in [-0.05, 0) is 38.8 Å². The molecule has 3 aliphatic heterocycles. The van der Waals surface area contributed by atoms with Crippen LogP contribution >= 0.6 is 0 Å². The van der Waals surface area contributed by atoms with Crippen molar-refractivity contribution in [1.29, 1.82) is 0 Å². The number of aliphatic hydroxyl groups is 2. The van der Waals surface area contributed by atoms with Crippen LogP contribution in [0.15, 0.2) is 60.7 Å². The molecule has 268 valence electrons. The van der Waals surface area contributed by atoms with E-state index in [1.54, 1.807) is 27.7 Å². The standard InChI is InChI=1S/C35H50O13/c1-33(2)43-20-24(45-33)26(28-29(31(38-5)39-6)47-34(3,4)46-28)44-32-27(42-19-23-16-12-9-13-17-23)25(36)30(37)35(40-7,48-32)21-41-18-22-14-10-8-11-15-22/h8-17,24-32,36-37H,18-21H2,1-7H3/t24-,25-,26-,27-,28+,29-,30-,32-,35-/m1/s1. The lowest BCUT2D eigenvalue weighted by Gasteiger charge is -2.49. The fourth-order valence-electron chi connectivity index (χ4n) is 6.27. The number of benzene rings is 2. The second-order valence-electron chi connectivity index (χ2n) is 13.0. The molecule has 5 rings (SSSR count). The van der Waals surface area contributed by atoms with E-state index >= 15 is 0 Å². The van der Waals surface area contributed by atoms with Crippen molar-refractivity contribution in [1.82, 2.24) is 0 Å². The molecule has 0 bridgehead atoms. The fraction of sp³-hybridized carbons (Fsp3) is 0.657. The Morgan fingerprint density at radius 3 is 1.94 bits per heavy atom. The third-order valence-electron chi connectivity index (χ3n) is 8.65. The molecule has 9 atom stereocenters. The van der Waals surface area contributed by atoms with Crippen molar-refractivity contribution in [2.75, 3.05) is 34.5 Å². The number of methoxy groups -OCH3 is 3. The summed E-state index contributed by atoms with van der Waals surface area (Å²) in [6, 6.07) is 19.0. The number of hydrogen-bond donors (Lipinski definition) is 2. The van der Waals surface area contributed by atoms with Gasteiger partial charge in [0.2, 0.25) is 5.79 Å². The van der Waals surface area contributed by atoms with Crippen LogP contribution in [0.3, 0.4) is 0 Å². The molecule has 0 saturated carbocycles. The molecular formula is C35H50O13. The molecule has 0 radical (unpaired) electrons. The summed E-state index contributed by atoms with van der Waals surface area (Å²) in [6.07, 6.45) is -9.68. The van der Waals surface area contributed by atoms with Crippen molar-refractivity contribution in [2.24, 2.45) is 0 Å². The van der Waals surface area contributed by atoms with Gasteiger partial charge in [0.05, 0.1) is 19.8 Å². The molecule has 2 aromatic carbocycles. The Labute approximate surface area is 282 Å². The summed E-state index contributed by atoms with van der Waals surface area (Å²) >= 11 is 0. The van der Waals surface area contributed by atoms with Crippen LogP contribution in [0.1, 0.15) is 38.8 Å². The Bertz CT molecular complexity index is 1260. The van der Waals surface area contributed by atoms with Gasteiger partial charge in [0.1, 0.15) is 49.3 Å². The Kier molecular flexibility index (Phi) is 12.3. The molecule has 48 heavy (non-hydrogen) atoms. The van der Waals surface area contributed by atoms with Gasteiger partial charge in [-0.2, -0.15) is 0 Å². The van der Waals surface area contributed by atoms with Gasteiger partial charge in [-0.3, -0.25) is 0 Å². The van der Waals surface area contributed by atoms with Crippen molar-refractivity contribution >= 4 is 0 Å². The monoisotopic (exact) mass is 678 g/mol. The maximum Gasteiger partial charge on any atom is 0.223 e. The molecule has 13 heteroatoms. The molecule has 2 aromatic rings. The van der Waals surface area contributed by atoms with E-state index in [9.17, 15) is 10.2 Å². The van der Waals surface area contributed by atoms with Gasteiger partial charge in [0, 0.05) is 21.3 Å². The predicted molar refractivity (Wildman–Crippen MR) is 169 cm³/mol. The van der Waals surface area contributed by atoms with Crippen molar-refractivity contribution in [3.8, 4) is 0 Å². The lowest BCUT2D eigenvalue weighted by atomic mass is 9.95. The second kappa shape index (κ2) is 15.9. The SMILES string of the molecule is COC(OC)[C@@H]1OC(C)(C)O[C@H]1[C@H](O[C@@H]1O[C@@](COCc2ccccc2)(OC)[C@H](O)[C@H](O)[C@H]1OCc1ccccc1)[C@H]1COC(C)(C)O1. The molecule has 0 aromatic heterocycles. The first-order chi connectivity index (χ1) is 22.9. The molecule has 0 amide bonds. The molecule has 0 spiro atoms. The largest absolute Gasteiger partial charge is 0.387 e. The van der Waals surface area contributed by atoms with E-state index in [0.717, 1.165) is 11.1 Å². The van der Waals surface area contributed by atoms with Crippen LogP contribution < -0.4 is 0 Å². The summed E-state index contributed by atoms with van der Waals surface area (Å²) in [5, 5.41) is 23.2. The molecule has 2 N–H and O–H groups in total. The minimum absolute atomic E-state index is 0.0951. The van der Waals surface area contributed by atoms with Crippen LogP contribution in [0.4, 0.5) is 0 Å². The molecule has 3 fully saturated rings. The van der Waals surface area contributed by atoms with Gasteiger partial charge in [0.15, 0.2) is 24.2 Å². The molecule has 3 saturated heterocycles. The Hall–Kier alpha value is -2.08. The zero-order valence-corrected chi connectivity index (χ0v) is 28.7. The Morgan fingerprint density at radius 2 is 1.38 bits per heavy atom. The Balaban J connectivity index is 1.47. The fourth-order valence-corrected chi connectivity index (χ4v) is 6.27. The minimum atomic E-state index is -1.84. The predicted octanol–water partition coefficient (Wildman–Crippen LogP) is 2.89. The maximum absolute atomic E-state index is 11.7. The minimum Gasteiger partial charge on any atom is -0.387 e. The van der Waals surface area contributed by atoms with Crippen molar-refractivity contribution in [2.45, 2.75) is 114 Å². The van der Waals surface area contributed by atoms with Crippen LogP contribution in [-0.4, -0.2) is 117 Å². The molecule has 0 unspecified atom stereocenters. The first kappa shape index (κ1) is 37.2. The lowest BCUT2D eigenvalue weighted by molar-refractivity contribution is -0.420. The summed E-state index contributed by atoms with van der Waals surface area (Å²) in [7, 11) is 4.38. The van der Waals surface area contributed by atoms with E-state index in [4.69, 9.17) is 52.1 Å². The quantitative estimate of drug-likeness (QED) is 0.267. The molecule has 0 aliphatic carbocycles. The molecule has 3 heterocycles. The first-order valence-corrected chi connectivity index (χ1v) is 16.2. The summed E-state index contributed by atoms with van der Waals surface area (Å²) in [5.41, 5.74) is 1.75. The van der Waals surface area contributed by atoms with Gasteiger partial charge < -0.3 is 62.3 Å². The topological polar surface area (TPSA) is 142 Å². The summed E-state index contributed by atoms with van der Waals surface area (Å²) in [6.45, 7) is 7.37. The Morgan fingerprint density at radius 1 is 0.771 bits per heavy atom. The average molecular weight is 679 g/mol. The lowest BCUT2D eigenvalue weighted by Crippen LogP contribution is -2.69. The van der Waals surface area contributed by atoms with E-state index in [2.05, 4.69) is 0 Å². The number of hydrogen-bond acceptors (Lipinski definition) is 13. The maximum atomic E-state index is 11.7. The zero-order valence-electron chi connectivity index (χ0n) is 28.7. The molecular weight excluding hydrogens is 628 g/mol. The molecule has 3 aliphatic rings. The van der Waals surface area contributed by atoms with Crippen LogP contribution in [0, 0.1) is 0 Å². The van der Waals surface area contributed by atoms with Crippen molar-refractivity contribution < 1.29 is 62.3 Å². The van der Waals surface area contributed by atoms with Crippen molar-refractivity contribution in [3.05, 3.63) is 71.8 Å². The van der Waals surface area contributed by atoms with Gasteiger partial charge in [-0.15, -0.1) is 0 Å². The summed E-state index contributed by atoms with van der Waals surface area (Å²) in [5.74, 6) is -3.81.